The van der Waals surface area contributed by atoms with E-state index in [2.05, 4.69) is 24.0 Å². The first-order chi connectivity index (χ1) is 15.8. The smallest absolute Gasteiger partial charge is 0.246 e. The van der Waals surface area contributed by atoms with Crippen LogP contribution < -0.4 is 14.4 Å². The van der Waals surface area contributed by atoms with Crippen molar-refractivity contribution in [1.29, 1.82) is 0 Å². The minimum absolute atomic E-state index is 0.0204. The fraction of sp³-hybridized carbons (Fsp3) is 0.370. The third-order valence-corrected chi connectivity index (χ3v) is 6.63. The number of piperazine rings is 1. The van der Waals surface area contributed by atoms with Crippen LogP contribution in [0.1, 0.15) is 29.4 Å². The van der Waals surface area contributed by atoms with Crippen molar-refractivity contribution in [3.05, 3.63) is 58.9 Å². The molecule has 0 unspecified atom stereocenters. The number of hydrogen-bond donors (Lipinski definition) is 0. The van der Waals surface area contributed by atoms with E-state index in [0.29, 0.717) is 13.1 Å². The fourth-order valence-electron chi connectivity index (χ4n) is 4.58. The summed E-state index contributed by atoms with van der Waals surface area (Å²) in [5, 5.41) is 1.06. The van der Waals surface area contributed by atoms with E-state index in [-0.39, 0.29) is 5.91 Å². The summed E-state index contributed by atoms with van der Waals surface area (Å²) in [5.41, 5.74) is 5.78. The second-order valence-electron chi connectivity index (χ2n) is 8.55. The van der Waals surface area contributed by atoms with Crippen LogP contribution in [0.2, 0.25) is 0 Å². The number of nitrogens with zero attached hydrogens (tertiary/aromatic N) is 2. The van der Waals surface area contributed by atoms with Crippen LogP contribution in [0.25, 0.3) is 16.5 Å². The summed E-state index contributed by atoms with van der Waals surface area (Å²) in [6.07, 6.45) is 1.73. The van der Waals surface area contributed by atoms with Crippen LogP contribution in [0.4, 0.5) is 5.69 Å². The van der Waals surface area contributed by atoms with Crippen molar-refractivity contribution in [3.8, 4) is 11.5 Å². The molecule has 1 aliphatic rings. The summed E-state index contributed by atoms with van der Waals surface area (Å²) < 4.78 is 17.2. The molecule has 4 rings (SSSR count). The molecule has 0 spiro atoms. The normalized spacial score (nSPS) is 14.7. The average Bonchev–Trinajstić information content (AvgIpc) is 3.12. The molecule has 2 aromatic carbocycles. The van der Waals surface area contributed by atoms with Crippen LogP contribution in [0.5, 0.6) is 11.5 Å². The van der Waals surface area contributed by atoms with Crippen LogP contribution in [0.15, 0.2) is 40.8 Å². The van der Waals surface area contributed by atoms with Crippen LogP contribution in [-0.4, -0.2) is 51.2 Å². The zero-order valence-corrected chi connectivity index (χ0v) is 20.3. The Balaban J connectivity index is 1.55. The van der Waals surface area contributed by atoms with E-state index < -0.39 is 0 Å². The molecule has 1 aromatic heterocycles. The standard InChI is InChI=1S/C27H32N2O4/c1-17(21-16-22-18(2)20(4)33-27(22)19(3)26(21)32-6)15-25(30)29-13-11-28(12-14-29)23-9-7-8-10-24(23)31-5/h7-10,15-16H,11-14H2,1-6H3/b17-15+. The molecule has 1 fully saturated rings. The lowest BCUT2D eigenvalue weighted by Crippen LogP contribution is -2.48. The summed E-state index contributed by atoms with van der Waals surface area (Å²) in [6, 6.07) is 10.1. The van der Waals surface area contributed by atoms with Gasteiger partial charge in [0.15, 0.2) is 0 Å². The molecule has 0 saturated carbocycles. The lowest BCUT2D eigenvalue weighted by molar-refractivity contribution is -0.126. The Labute approximate surface area is 195 Å². The molecule has 0 atom stereocenters. The molecular formula is C27H32N2O4. The van der Waals surface area contributed by atoms with Gasteiger partial charge in [0.05, 0.1) is 19.9 Å². The maximum Gasteiger partial charge on any atom is 0.246 e. The van der Waals surface area contributed by atoms with Crippen molar-refractivity contribution in [2.75, 3.05) is 45.3 Å². The third-order valence-electron chi connectivity index (χ3n) is 6.63. The van der Waals surface area contributed by atoms with Gasteiger partial charge in [-0.15, -0.1) is 0 Å². The Kier molecular flexibility index (Phi) is 6.36. The molecule has 0 N–H and O–H groups in total. The van der Waals surface area contributed by atoms with E-state index in [1.807, 2.05) is 43.9 Å². The number of carbonyl (C=O) groups is 1. The van der Waals surface area contributed by atoms with Gasteiger partial charge in [0.2, 0.25) is 5.91 Å². The number of amides is 1. The van der Waals surface area contributed by atoms with E-state index >= 15 is 0 Å². The van der Waals surface area contributed by atoms with E-state index in [1.54, 1.807) is 20.3 Å². The second-order valence-corrected chi connectivity index (χ2v) is 8.55. The maximum atomic E-state index is 13.1. The van der Waals surface area contributed by atoms with Gasteiger partial charge in [-0.3, -0.25) is 4.79 Å². The number of furan rings is 1. The van der Waals surface area contributed by atoms with Crippen LogP contribution in [0.3, 0.4) is 0 Å². The van der Waals surface area contributed by atoms with Crippen molar-refractivity contribution in [2.45, 2.75) is 27.7 Å². The lowest BCUT2D eigenvalue weighted by atomic mass is 9.98. The molecule has 0 radical (unpaired) electrons. The molecule has 6 nitrogen and oxygen atoms in total. The highest BCUT2D eigenvalue weighted by molar-refractivity contribution is 5.98. The predicted octanol–water partition coefficient (Wildman–Crippen LogP) is 5.13. The fourth-order valence-corrected chi connectivity index (χ4v) is 4.58. The number of anilines is 1. The zero-order valence-electron chi connectivity index (χ0n) is 20.3. The van der Waals surface area contributed by atoms with Gasteiger partial charge in [0.25, 0.3) is 0 Å². The molecule has 1 saturated heterocycles. The number of allylic oxidation sites excluding steroid dienone is 1. The highest BCUT2D eigenvalue weighted by atomic mass is 16.5. The Morgan fingerprint density at radius 3 is 2.36 bits per heavy atom. The Bertz CT molecular complexity index is 1220. The molecule has 33 heavy (non-hydrogen) atoms. The van der Waals surface area contributed by atoms with E-state index in [4.69, 9.17) is 13.9 Å². The molecule has 0 aliphatic carbocycles. The van der Waals surface area contributed by atoms with Crippen molar-refractivity contribution in [3.63, 3.8) is 0 Å². The molecule has 0 bridgehead atoms. The van der Waals surface area contributed by atoms with Crippen LogP contribution in [-0.2, 0) is 4.79 Å². The number of fused-ring (bicyclic) bond motifs is 1. The van der Waals surface area contributed by atoms with Crippen LogP contribution in [0, 0.1) is 20.8 Å². The number of benzene rings is 2. The number of aryl methyl sites for hydroxylation is 3. The first-order valence-electron chi connectivity index (χ1n) is 11.3. The Hall–Kier alpha value is -3.41. The summed E-state index contributed by atoms with van der Waals surface area (Å²) in [4.78, 5) is 17.3. The minimum Gasteiger partial charge on any atom is -0.496 e. The van der Waals surface area contributed by atoms with E-state index in [1.165, 1.54) is 0 Å². The number of ether oxygens (including phenoxy) is 2. The van der Waals surface area contributed by atoms with Crippen molar-refractivity contribution in [1.82, 2.24) is 4.90 Å². The Morgan fingerprint density at radius 1 is 1.00 bits per heavy atom. The molecule has 1 amide bonds. The maximum absolute atomic E-state index is 13.1. The second kappa shape index (κ2) is 9.22. The highest BCUT2D eigenvalue weighted by Crippen LogP contribution is 2.38. The van der Waals surface area contributed by atoms with Crippen LogP contribution >= 0.6 is 0 Å². The topological polar surface area (TPSA) is 55.2 Å². The lowest BCUT2D eigenvalue weighted by Gasteiger charge is -2.36. The van der Waals surface area contributed by atoms with Crippen molar-refractivity contribution in [2.24, 2.45) is 0 Å². The van der Waals surface area contributed by atoms with Gasteiger partial charge in [0, 0.05) is 48.8 Å². The van der Waals surface area contributed by atoms with Gasteiger partial charge in [-0.25, -0.2) is 0 Å². The molecule has 2 heterocycles. The largest absolute Gasteiger partial charge is 0.496 e. The average molecular weight is 449 g/mol. The minimum atomic E-state index is 0.0204. The predicted molar refractivity (Wildman–Crippen MR) is 132 cm³/mol. The number of methoxy groups -OCH3 is 2. The van der Waals surface area contributed by atoms with Crippen molar-refractivity contribution < 1.29 is 18.7 Å². The number of para-hydroxylation sites is 2. The zero-order chi connectivity index (χ0) is 23.7. The summed E-state index contributed by atoms with van der Waals surface area (Å²) in [5.74, 6) is 2.53. The van der Waals surface area contributed by atoms with Gasteiger partial charge in [-0.2, -0.15) is 0 Å². The van der Waals surface area contributed by atoms with Crippen molar-refractivity contribution >= 4 is 28.1 Å². The molecule has 3 aromatic rings. The molecule has 6 heteroatoms. The molecule has 174 valence electrons. The van der Waals surface area contributed by atoms with E-state index in [9.17, 15) is 4.79 Å². The van der Waals surface area contributed by atoms with Gasteiger partial charge in [-0.05, 0) is 57.0 Å². The van der Waals surface area contributed by atoms with Gasteiger partial charge >= 0.3 is 0 Å². The third kappa shape index (κ3) is 4.17. The number of hydrogen-bond acceptors (Lipinski definition) is 5. The summed E-state index contributed by atoms with van der Waals surface area (Å²) >= 11 is 0. The summed E-state index contributed by atoms with van der Waals surface area (Å²) in [6.45, 7) is 10.8. The SMILES string of the molecule is COc1ccccc1N1CCN(C(=O)/C=C(\C)c2cc3c(C)c(C)oc3c(C)c2OC)CC1. The number of rotatable bonds is 5. The van der Waals surface area contributed by atoms with Gasteiger partial charge in [0.1, 0.15) is 22.8 Å². The van der Waals surface area contributed by atoms with Gasteiger partial charge in [-0.1, -0.05) is 12.1 Å². The monoisotopic (exact) mass is 448 g/mol. The quantitative estimate of drug-likeness (QED) is 0.507. The molecular weight excluding hydrogens is 416 g/mol. The first-order valence-corrected chi connectivity index (χ1v) is 11.3. The van der Waals surface area contributed by atoms with E-state index in [0.717, 1.165) is 69.3 Å². The number of carbonyl (C=O) groups excluding carboxylic acids is 1. The van der Waals surface area contributed by atoms with Gasteiger partial charge < -0.3 is 23.7 Å². The molecule has 1 aliphatic heterocycles. The Morgan fingerprint density at radius 2 is 1.70 bits per heavy atom. The summed E-state index contributed by atoms with van der Waals surface area (Å²) in [7, 11) is 3.35. The first kappa shape index (κ1) is 22.8. The highest BCUT2D eigenvalue weighted by Gasteiger charge is 2.23.